The standard InChI is InChI=1S/C28H39FN8O5.C2H4O2/c1-2-37(23(25(31)40)15-18-6-3-4-7-20(18)29)24(39)16-35-27(42)22(8-5-13-34-28(32)33)36-26(41)21(30)14-17-9-11-19(38)12-10-17;1-2(3)4/h3-4,6-7,9-12,21-23,38H,2,5,8,13-16,30H2,1H3,(H2,31,40)(H,35,42)(H,36,41)(H4,32,33,34);1H3,(H,3,4)/t21-,22+,23+;/m0./s1. The van der Waals surface area contributed by atoms with Crippen LogP contribution in [-0.4, -0.2) is 88.4 Å². The molecule has 252 valence electrons. The van der Waals surface area contributed by atoms with Crippen LogP contribution >= 0.6 is 0 Å². The molecule has 0 aromatic heterocycles. The van der Waals surface area contributed by atoms with Crippen LogP contribution in [0.2, 0.25) is 0 Å². The first-order valence-corrected chi connectivity index (χ1v) is 14.3. The van der Waals surface area contributed by atoms with E-state index < -0.39 is 60.1 Å². The zero-order valence-electron chi connectivity index (χ0n) is 25.8. The quantitative estimate of drug-likeness (QED) is 0.0632. The van der Waals surface area contributed by atoms with Crippen molar-refractivity contribution in [3.05, 3.63) is 65.5 Å². The fourth-order valence-corrected chi connectivity index (χ4v) is 4.22. The number of aliphatic imine (C=N–C) groups is 1. The molecule has 15 nitrogen and oxygen atoms in total. The van der Waals surface area contributed by atoms with Crippen molar-refractivity contribution in [2.75, 3.05) is 19.6 Å². The zero-order chi connectivity index (χ0) is 34.8. The van der Waals surface area contributed by atoms with Crippen molar-refractivity contribution in [3.8, 4) is 5.75 Å². The van der Waals surface area contributed by atoms with Gasteiger partial charge in [0.15, 0.2) is 5.96 Å². The summed E-state index contributed by atoms with van der Waals surface area (Å²) < 4.78 is 14.2. The van der Waals surface area contributed by atoms with Gasteiger partial charge in [-0.2, -0.15) is 0 Å². The topological polar surface area (TPSA) is 270 Å². The molecule has 0 saturated carbocycles. The van der Waals surface area contributed by atoms with Crippen molar-refractivity contribution in [2.24, 2.45) is 27.9 Å². The number of phenols is 1. The third-order valence-electron chi connectivity index (χ3n) is 6.46. The molecule has 12 N–H and O–H groups in total. The summed E-state index contributed by atoms with van der Waals surface area (Å²) in [5, 5.41) is 22.0. The van der Waals surface area contributed by atoms with E-state index in [-0.39, 0.29) is 49.6 Å². The molecule has 0 fully saturated rings. The van der Waals surface area contributed by atoms with Crippen LogP contribution < -0.4 is 33.6 Å². The molecule has 0 unspecified atom stereocenters. The van der Waals surface area contributed by atoms with Crippen LogP contribution in [0, 0.1) is 5.82 Å². The molecule has 3 atom stereocenters. The van der Waals surface area contributed by atoms with E-state index in [0.29, 0.717) is 12.0 Å². The molecule has 0 aliphatic carbocycles. The monoisotopic (exact) mass is 646 g/mol. The Kier molecular flexibility index (Phi) is 16.8. The Balaban J connectivity index is 0.00000249. The smallest absolute Gasteiger partial charge is 0.300 e. The van der Waals surface area contributed by atoms with Gasteiger partial charge in [-0.05, 0) is 55.5 Å². The number of aliphatic carboxylic acids is 1. The van der Waals surface area contributed by atoms with Gasteiger partial charge >= 0.3 is 0 Å². The number of likely N-dealkylation sites (N-methyl/N-ethyl adjacent to an activating group) is 1. The van der Waals surface area contributed by atoms with E-state index in [1.807, 2.05) is 0 Å². The van der Waals surface area contributed by atoms with E-state index in [9.17, 15) is 28.7 Å². The first kappa shape index (κ1) is 38.8. The predicted octanol–water partition coefficient (Wildman–Crippen LogP) is -0.908. The number of carboxylic acids is 1. The van der Waals surface area contributed by atoms with Crippen LogP contribution in [0.4, 0.5) is 4.39 Å². The van der Waals surface area contributed by atoms with Crippen LogP contribution in [0.1, 0.15) is 37.8 Å². The number of rotatable bonds is 16. The molecule has 4 amide bonds. The maximum atomic E-state index is 14.2. The van der Waals surface area contributed by atoms with Gasteiger partial charge in [0.05, 0.1) is 12.6 Å². The van der Waals surface area contributed by atoms with Crippen molar-refractivity contribution >= 4 is 35.6 Å². The highest BCUT2D eigenvalue weighted by Crippen LogP contribution is 2.14. The van der Waals surface area contributed by atoms with Crippen LogP contribution in [0.3, 0.4) is 0 Å². The molecule has 0 heterocycles. The Morgan fingerprint density at radius 3 is 2.13 bits per heavy atom. The molecule has 0 aliphatic heterocycles. The third kappa shape index (κ3) is 14.5. The lowest BCUT2D eigenvalue weighted by Gasteiger charge is -2.29. The number of hydrogen-bond donors (Lipinski definition) is 8. The van der Waals surface area contributed by atoms with Gasteiger partial charge < -0.3 is 48.7 Å². The zero-order valence-corrected chi connectivity index (χ0v) is 25.8. The number of nitrogens with two attached hydrogens (primary N) is 4. The van der Waals surface area contributed by atoms with Crippen molar-refractivity contribution < 1.29 is 38.6 Å². The fourth-order valence-electron chi connectivity index (χ4n) is 4.22. The number of aromatic hydroxyl groups is 1. The second-order valence-corrected chi connectivity index (χ2v) is 10.1. The Morgan fingerprint density at radius 1 is 0.978 bits per heavy atom. The summed E-state index contributed by atoms with van der Waals surface area (Å²) in [6.45, 7) is 2.47. The van der Waals surface area contributed by atoms with Crippen LogP contribution in [0.5, 0.6) is 5.75 Å². The number of nitrogens with zero attached hydrogens (tertiary/aromatic N) is 2. The highest BCUT2D eigenvalue weighted by molar-refractivity contribution is 5.93. The normalized spacial score (nSPS) is 12.3. The number of carbonyl (C=O) groups is 5. The molecule has 46 heavy (non-hydrogen) atoms. The summed E-state index contributed by atoms with van der Waals surface area (Å²) in [5.74, 6) is -4.15. The van der Waals surface area contributed by atoms with Crippen molar-refractivity contribution in [2.45, 2.75) is 57.7 Å². The number of guanidine groups is 1. The van der Waals surface area contributed by atoms with Gasteiger partial charge in [0.25, 0.3) is 5.97 Å². The molecule has 0 radical (unpaired) electrons. The summed E-state index contributed by atoms with van der Waals surface area (Å²) in [6.07, 6.45) is 0.459. The number of primary amides is 1. The van der Waals surface area contributed by atoms with Crippen molar-refractivity contribution in [3.63, 3.8) is 0 Å². The molecule has 2 aromatic rings. The second kappa shape index (κ2) is 19.9. The molecule has 0 aliphatic rings. The summed E-state index contributed by atoms with van der Waals surface area (Å²) in [5.41, 5.74) is 23.2. The summed E-state index contributed by atoms with van der Waals surface area (Å²) >= 11 is 0. The van der Waals surface area contributed by atoms with E-state index >= 15 is 0 Å². The maximum Gasteiger partial charge on any atom is 0.300 e. The Labute approximate surface area is 266 Å². The van der Waals surface area contributed by atoms with E-state index in [0.717, 1.165) is 11.8 Å². The molecule has 0 saturated heterocycles. The van der Waals surface area contributed by atoms with Gasteiger partial charge in [-0.25, -0.2) is 4.39 Å². The number of nitrogens with one attached hydrogen (secondary N) is 2. The largest absolute Gasteiger partial charge is 0.508 e. The minimum atomic E-state index is -1.15. The summed E-state index contributed by atoms with van der Waals surface area (Å²) in [7, 11) is 0. The van der Waals surface area contributed by atoms with Crippen LogP contribution in [0.25, 0.3) is 0 Å². The number of carbonyl (C=O) groups excluding carboxylic acids is 4. The van der Waals surface area contributed by atoms with Crippen LogP contribution in [0.15, 0.2) is 53.5 Å². The predicted molar refractivity (Wildman–Crippen MR) is 168 cm³/mol. The van der Waals surface area contributed by atoms with Crippen molar-refractivity contribution in [1.82, 2.24) is 15.5 Å². The lowest BCUT2D eigenvalue weighted by molar-refractivity contribution is -0.139. The van der Waals surface area contributed by atoms with E-state index in [2.05, 4.69) is 15.6 Å². The highest BCUT2D eigenvalue weighted by atomic mass is 19.1. The lowest BCUT2D eigenvalue weighted by Crippen LogP contribution is -2.55. The average molecular weight is 647 g/mol. The molecule has 16 heteroatoms. The molecule has 2 rings (SSSR count). The number of hydrogen-bond acceptors (Lipinski definition) is 8. The summed E-state index contributed by atoms with van der Waals surface area (Å²) in [4.78, 5) is 65.2. The maximum absolute atomic E-state index is 14.2. The minimum absolute atomic E-state index is 0.0693. The van der Waals surface area contributed by atoms with Gasteiger partial charge in [-0.3, -0.25) is 29.0 Å². The van der Waals surface area contributed by atoms with Gasteiger partial charge in [0.1, 0.15) is 23.7 Å². The number of phenolic OH excluding ortho intramolecular Hbond substituents is 1. The van der Waals surface area contributed by atoms with Gasteiger partial charge in [-0.15, -0.1) is 0 Å². The Hall–Kier alpha value is -5.25. The average Bonchev–Trinajstić information content (AvgIpc) is 2.98. The number of halogens is 1. The first-order chi connectivity index (χ1) is 21.7. The second-order valence-electron chi connectivity index (χ2n) is 10.1. The van der Waals surface area contributed by atoms with Gasteiger partial charge in [0, 0.05) is 26.4 Å². The number of amides is 4. The molecule has 2 aromatic carbocycles. The fraction of sp³-hybridized carbons (Fsp3) is 0.400. The van der Waals surface area contributed by atoms with Crippen LogP contribution in [-0.2, 0) is 36.8 Å². The Bertz CT molecular complexity index is 1350. The number of benzene rings is 2. The number of carboxylic acid groups (broad SMARTS) is 1. The minimum Gasteiger partial charge on any atom is -0.508 e. The van der Waals surface area contributed by atoms with E-state index in [4.69, 9.17) is 32.8 Å². The molecular formula is C30H43FN8O7. The molecular weight excluding hydrogens is 603 g/mol. The third-order valence-corrected chi connectivity index (χ3v) is 6.46. The first-order valence-electron chi connectivity index (χ1n) is 14.3. The van der Waals surface area contributed by atoms with Gasteiger partial charge in [-0.1, -0.05) is 30.3 Å². The highest BCUT2D eigenvalue weighted by Gasteiger charge is 2.29. The van der Waals surface area contributed by atoms with Crippen molar-refractivity contribution in [1.29, 1.82) is 0 Å². The molecule has 0 bridgehead atoms. The van der Waals surface area contributed by atoms with E-state index in [1.54, 1.807) is 25.1 Å². The SMILES string of the molecule is CC(=O)O.CCN(C(=O)CNC(=O)[C@@H](CCCN=C(N)N)NC(=O)[C@@H](N)Cc1ccc(O)cc1)[C@H](Cc1ccccc1F)C(N)=O. The van der Waals surface area contributed by atoms with Gasteiger partial charge in [0.2, 0.25) is 23.6 Å². The summed E-state index contributed by atoms with van der Waals surface area (Å²) in [6, 6.07) is 8.79. The molecule has 0 spiro atoms. The Morgan fingerprint density at radius 2 is 1.59 bits per heavy atom. The lowest BCUT2D eigenvalue weighted by atomic mass is 10.0. The van der Waals surface area contributed by atoms with E-state index in [1.165, 1.54) is 30.3 Å².